The predicted octanol–water partition coefficient (Wildman–Crippen LogP) is 4.70. The van der Waals surface area contributed by atoms with E-state index in [4.69, 9.17) is 4.74 Å². The van der Waals surface area contributed by atoms with Gasteiger partial charge >= 0.3 is 0 Å². The van der Waals surface area contributed by atoms with Crippen LogP contribution in [0.5, 0.6) is 5.75 Å². The van der Waals surface area contributed by atoms with Gasteiger partial charge in [0.05, 0.1) is 0 Å². The Morgan fingerprint density at radius 2 is 1.86 bits per heavy atom. The zero-order valence-electron chi connectivity index (χ0n) is 13.2. The van der Waals surface area contributed by atoms with Crippen molar-refractivity contribution in [1.82, 2.24) is 5.32 Å². The molecule has 0 aromatic heterocycles. The van der Waals surface area contributed by atoms with Crippen LogP contribution in [0.15, 0.2) is 54.1 Å². The molecule has 0 amide bonds. The molecule has 0 radical (unpaired) electrons. The van der Waals surface area contributed by atoms with Crippen molar-refractivity contribution in [1.29, 1.82) is 0 Å². The van der Waals surface area contributed by atoms with E-state index in [0.29, 0.717) is 6.61 Å². The zero-order chi connectivity index (χ0) is 15.0. The normalized spacial score (nSPS) is 14.8. The number of hydrogen-bond donors (Lipinski definition) is 1. The first-order chi connectivity index (χ1) is 10.9. The molecule has 0 saturated carbocycles. The van der Waals surface area contributed by atoms with Crippen LogP contribution in [0.25, 0.3) is 10.8 Å². The first-order valence-electron chi connectivity index (χ1n) is 8.43. The minimum Gasteiger partial charge on any atom is -0.492 e. The third kappa shape index (κ3) is 4.11. The van der Waals surface area contributed by atoms with Crippen molar-refractivity contribution in [3.63, 3.8) is 0 Å². The summed E-state index contributed by atoms with van der Waals surface area (Å²) in [6.07, 6.45) is 8.94. The highest BCUT2D eigenvalue weighted by molar-refractivity contribution is 5.88. The molecule has 0 spiro atoms. The summed E-state index contributed by atoms with van der Waals surface area (Å²) in [5, 5.41) is 5.91. The second-order valence-electron chi connectivity index (χ2n) is 5.93. The van der Waals surface area contributed by atoms with Gasteiger partial charge < -0.3 is 10.1 Å². The fraction of sp³-hybridized carbons (Fsp3) is 0.400. The van der Waals surface area contributed by atoms with Crippen molar-refractivity contribution in [3.05, 3.63) is 54.1 Å². The van der Waals surface area contributed by atoms with Gasteiger partial charge in [-0.05, 0) is 50.1 Å². The van der Waals surface area contributed by atoms with Crippen LogP contribution in [0, 0.1) is 0 Å². The third-order valence-electron chi connectivity index (χ3n) is 4.29. The maximum absolute atomic E-state index is 5.93. The van der Waals surface area contributed by atoms with Gasteiger partial charge in [0.15, 0.2) is 0 Å². The molecule has 3 rings (SSSR count). The second kappa shape index (κ2) is 8.00. The molecule has 0 fully saturated rings. The number of benzene rings is 2. The van der Waals surface area contributed by atoms with Gasteiger partial charge in [-0.3, -0.25) is 0 Å². The summed E-state index contributed by atoms with van der Waals surface area (Å²) in [5.41, 5.74) is 1.63. The van der Waals surface area contributed by atoms with Crippen LogP contribution in [0.1, 0.15) is 32.1 Å². The highest BCUT2D eigenvalue weighted by atomic mass is 16.5. The summed E-state index contributed by atoms with van der Waals surface area (Å²) in [6, 6.07) is 14.6. The number of ether oxygens (including phenoxy) is 1. The molecule has 0 heterocycles. The highest BCUT2D eigenvalue weighted by Crippen LogP contribution is 2.24. The fourth-order valence-electron chi connectivity index (χ4n) is 3.06. The number of nitrogens with one attached hydrogen (secondary N) is 1. The second-order valence-corrected chi connectivity index (χ2v) is 5.93. The molecule has 0 unspecified atom stereocenters. The Morgan fingerprint density at radius 1 is 0.955 bits per heavy atom. The van der Waals surface area contributed by atoms with Gasteiger partial charge in [-0.15, -0.1) is 0 Å². The molecule has 2 aromatic carbocycles. The first-order valence-corrected chi connectivity index (χ1v) is 8.43. The SMILES string of the molecule is C1=C(CCNCCOc2cccc3ccccc23)CCCC1. The van der Waals surface area contributed by atoms with Crippen LogP contribution in [-0.4, -0.2) is 19.7 Å². The zero-order valence-corrected chi connectivity index (χ0v) is 13.2. The number of fused-ring (bicyclic) bond motifs is 1. The average molecular weight is 295 g/mol. The summed E-state index contributed by atoms with van der Waals surface area (Å²) in [5.74, 6) is 0.981. The fourth-order valence-corrected chi connectivity index (χ4v) is 3.06. The summed E-state index contributed by atoms with van der Waals surface area (Å²) in [7, 11) is 0. The van der Waals surface area contributed by atoms with Crippen LogP contribution in [-0.2, 0) is 0 Å². The quantitative estimate of drug-likeness (QED) is 0.590. The summed E-state index contributed by atoms with van der Waals surface area (Å²) in [4.78, 5) is 0. The Balaban J connectivity index is 1.40. The van der Waals surface area contributed by atoms with E-state index in [9.17, 15) is 0 Å². The van der Waals surface area contributed by atoms with Crippen molar-refractivity contribution in [2.24, 2.45) is 0 Å². The molecule has 116 valence electrons. The van der Waals surface area contributed by atoms with E-state index >= 15 is 0 Å². The van der Waals surface area contributed by atoms with Crippen molar-refractivity contribution in [2.75, 3.05) is 19.7 Å². The third-order valence-corrected chi connectivity index (χ3v) is 4.29. The lowest BCUT2D eigenvalue weighted by molar-refractivity contribution is 0.318. The molecule has 2 aromatic rings. The van der Waals surface area contributed by atoms with Gasteiger partial charge in [0.1, 0.15) is 12.4 Å². The molecular formula is C20H25NO. The Morgan fingerprint density at radius 3 is 2.77 bits per heavy atom. The summed E-state index contributed by atoms with van der Waals surface area (Å²) < 4.78 is 5.93. The molecule has 2 nitrogen and oxygen atoms in total. The van der Waals surface area contributed by atoms with Crippen molar-refractivity contribution >= 4 is 10.8 Å². The van der Waals surface area contributed by atoms with E-state index in [0.717, 1.165) is 18.8 Å². The lowest BCUT2D eigenvalue weighted by Gasteiger charge is -2.13. The number of rotatable bonds is 7. The monoisotopic (exact) mass is 295 g/mol. The number of allylic oxidation sites excluding steroid dienone is 1. The van der Waals surface area contributed by atoms with E-state index in [-0.39, 0.29) is 0 Å². The van der Waals surface area contributed by atoms with E-state index < -0.39 is 0 Å². The Hall–Kier alpha value is -1.80. The van der Waals surface area contributed by atoms with Crippen molar-refractivity contribution in [3.8, 4) is 5.75 Å². The van der Waals surface area contributed by atoms with E-state index in [1.807, 2.05) is 0 Å². The number of hydrogen-bond acceptors (Lipinski definition) is 2. The summed E-state index contributed by atoms with van der Waals surface area (Å²) >= 11 is 0. The van der Waals surface area contributed by atoms with Gasteiger partial charge in [0, 0.05) is 11.9 Å². The lowest BCUT2D eigenvalue weighted by Crippen LogP contribution is -2.22. The average Bonchev–Trinajstić information content (AvgIpc) is 2.59. The molecule has 22 heavy (non-hydrogen) atoms. The van der Waals surface area contributed by atoms with Crippen molar-refractivity contribution in [2.45, 2.75) is 32.1 Å². The van der Waals surface area contributed by atoms with E-state index in [2.05, 4.69) is 53.9 Å². The Kier molecular flexibility index (Phi) is 5.49. The molecule has 0 atom stereocenters. The first kappa shape index (κ1) is 15.1. The van der Waals surface area contributed by atoms with Crippen LogP contribution in [0.3, 0.4) is 0 Å². The van der Waals surface area contributed by atoms with Crippen LogP contribution < -0.4 is 10.1 Å². The molecular weight excluding hydrogens is 270 g/mol. The maximum Gasteiger partial charge on any atom is 0.127 e. The molecule has 1 N–H and O–H groups in total. The maximum atomic E-state index is 5.93. The molecule has 2 heteroatoms. The van der Waals surface area contributed by atoms with Gasteiger partial charge in [0.25, 0.3) is 0 Å². The lowest BCUT2D eigenvalue weighted by atomic mass is 9.97. The van der Waals surface area contributed by atoms with Gasteiger partial charge in [-0.25, -0.2) is 0 Å². The summed E-state index contributed by atoms with van der Waals surface area (Å²) in [6.45, 7) is 2.67. The smallest absolute Gasteiger partial charge is 0.127 e. The molecule has 0 bridgehead atoms. The topological polar surface area (TPSA) is 21.3 Å². The minimum absolute atomic E-state index is 0.715. The Labute approximate surface area is 133 Å². The van der Waals surface area contributed by atoms with Crippen LogP contribution in [0.4, 0.5) is 0 Å². The molecule has 1 aliphatic rings. The highest BCUT2D eigenvalue weighted by Gasteiger charge is 2.03. The van der Waals surface area contributed by atoms with Crippen molar-refractivity contribution < 1.29 is 4.74 Å². The Bertz CT molecular complexity index is 627. The molecule has 1 aliphatic carbocycles. The predicted molar refractivity (Wildman–Crippen MR) is 93.5 cm³/mol. The van der Waals surface area contributed by atoms with Crippen LogP contribution >= 0.6 is 0 Å². The van der Waals surface area contributed by atoms with Gasteiger partial charge in [-0.1, -0.05) is 48.0 Å². The van der Waals surface area contributed by atoms with E-state index in [1.165, 1.54) is 42.9 Å². The van der Waals surface area contributed by atoms with E-state index in [1.54, 1.807) is 5.57 Å². The van der Waals surface area contributed by atoms with Crippen LogP contribution in [0.2, 0.25) is 0 Å². The van der Waals surface area contributed by atoms with Gasteiger partial charge in [0.2, 0.25) is 0 Å². The molecule has 0 saturated heterocycles. The minimum atomic E-state index is 0.715. The largest absolute Gasteiger partial charge is 0.492 e. The molecule has 0 aliphatic heterocycles. The standard InChI is InChI=1S/C20H25NO/c1-2-7-17(8-3-1)13-14-21-15-16-22-20-12-6-10-18-9-4-5-11-19(18)20/h4-7,9-12,21H,1-3,8,13-16H2. The van der Waals surface area contributed by atoms with Gasteiger partial charge in [-0.2, -0.15) is 0 Å².